The van der Waals surface area contributed by atoms with Crippen LogP contribution in [0.3, 0.4) is 0 Å². The smallest absolute Gasteiger partial charge is 0.170 e. The summed E-state index contributed by atoms with van der Waals surface area (Å²) in [6.45, 7) is -0.00269. The quantitative estimate of drug-likeness (QED) is 0.700. The van der Waals surface area contributed by atoms with Crippen molar-refractivity contribution in [2.45, 2.75) is 6.42 Å². The number of phenols is 1. The van der Waals surface area contributed by atoms with Crippen molar-refractivity contribution in [2.75, 3.05) is 6.61 Å². The van der Waals surface area contributed by atoms with Crippen LogP contribution in [0.1, 0.15) is 5.56 Å². The van der Waals surface area contributed by atoms with Gasteiger partial charge in [-0.25, -0.2) is 14.7 Å². The molecule has 72 valence electrons. The van der Waals surface area contributed by atoms with Gasteiger partial charge in [-0.15, -0.1) is 0 Å². The Balaban J connectivity index is 2.96. The summed E-state index contributed by atoms with van der Waals surface area (Å²) in [7, 11) is 0. The normalized spacial score (nSPS) is 10.4. The van der Waals surface area contributed by atoms with Gasteiger partial charge in [0.15, 0.2) is 11.6 Å². The highest BCUT2D eigenvalue weighted by atomic mass is 19.1. The molecule has 0 bridgehead atoms. The second-order valence-electron chi connectivity index (χ2n) is 2.48. The number of hydrogen-bond donors (Lipinski definition) is 2. The van der Waals surface area contributed by atoms with Crippen molar-refractivity contribution in [1.29, 1.82) is 0 Å². The van der Waals surface area contributed by atoms with Gasteiger partial charge in [0.25, 0.3) is 0 Å². The number of aromatic hydroxyl groups is 1. The lowest BCUT2D eigenvalue weighted by atomic mass is 10.1. The van der Waals surface area contributed by atoms with Crippen LogP contribution < -0.4 is 5.90 Å². The van der Waals surface area contributed by atoms with Crippen LogP contribution in [0, 0.1) is 11.6 Å². The first kappa shape index (κ1) is 9.88. The second kappa shape index (κ2) is 4.15. The Kier molecular flexibility index (Phi) is 3.16. The van der Waals surface area contributed by atoms with Crippen molar-refractivity contribution in [3.63, 3.8) is 0 Å². The van der Waals surface area contributed by atoms with Gasteiger partial charge < -0.3 is 9.94 Å². The van der Waals surface area contributed by atoms with E-state index in [1.54, 1.807) is 0 Å². The van der Waals surface area contributed by atoms with E-state index in [0.29, 0.717) is 0 Å². The van der Waals surface area contributed by atoms with Crippen LogP contribution >= 0.6 is 0 Å². The minimum Gasteiger partial charge on any atom is -0.505 e. The molecular formula is C8H9F2NO2. The zero-order valence-corrected chi connectivity index (χ0v) is 6.76. The highest BCUT2D eigenvalue weighted by Gasteiger charge is 2.12. The summed E-state index contributed by atoms with van der Waals surface area (Å²) in [6.07, 6.45) is -0.0113. The fraction of sp³-hybridized carbons (Fsp3) is 0.250. The molecule has 3 N–H and O–H groups in total. The lowest BCUT2D eigenvalue weighted by Gasteiger charge is -2.04. The van der Waals surface area contributed by atoms with Crippen LogP contribution in [-0.4, -0.2) is 11.7 Å². The van der Waals surface area contributed by atoms with Crippen molar-refractivity contribution in [2.24, 2.45) is 5.90 Å². The molecule has 1 aromatic rings. The molecule has 1 aromatic carbocycles. The van der Waals surface area contributed by atoms with Gasteiger partial charge in [-0.1, -0.05) is 0 Å². The molecule has 0 saturated carbocycles. The Morgan fingerprint density at radius 1 is 1.38 bits per heavy atom. The highest BCUT2D eigenvalue weighted by molar-refractivity contribution is 5.31. The SMILES string of the molecule is NOCCc1c(F)ccc(O)c1F. The zero-order chi connectivity index (χ0) is 9.84. The molecule has 0 radical (unpaired) electrons. The molecule has 1 rings (SSSR count). The van der Waals surface area contributed by atoms with E-state index >= 15 is 0 Å². The van der Waals surface area contributed by atoms with Crippen LogP contribution in [0.2, 0.25) is 0 Å². The topological polar surface area (TPSA) is 55.5 Å². The van der Waals surface area contributed by atoms with Gasteiger partial charge in [-0.05, 0) is 12.1 Å². The lowest BCUT2D eigenvalue weighted by Crippen LogP contribution is -2.06. The average Bonchev–Trinajstić information content (AvgIpc) is 2.12. The molecule has 0 aromatic heterocycles. The fourth-order valence-electron chi connectivity index (χ4n) is 0.975. The molecule has 3 nitrogen and oxygen atoms in total. The third kappa shape index (κ3) is 2.13. The van der Waals surface area contributed by atoms with Gasteiger partial charge in [-0.3, -0.25) is 0 Å². The standard InChI is InChI=1S/C8H9F2NO2/c9-6-1-2-7(12)8(10)5(6)3-4-13-11/h1-2,12H,3-4,11H2. The number of phenolic OH excluding ortho intramolecular Hbond substituents is 1. The van der Waals surface area contributed by atoms with E-state index in [9.17, 15) is 8.78 Å². The predicted molar refractivity (Wildman–Crippen MR) is 41.9 cm³/mol. The summed E-state index contributed by atoms with van der Waals surface area (Å²) < 4.78 is 25.9. The Labute approximate surface area is 73.7 Å². The maximum atomic E-state index is 13.0. The van der Waals surface area contributed by atoms with Gasteiger partial charge in [-0.2, -0.15) is 0 Å². The molecule has 0 saturated heterocycles. The number of benzene rings is 1. The largest absolute Gasteiger partial charge is 0.505 e. The third-order valence-corrected chi connectivity index (χ3v) is 1.64. The summed E-state index contributed by atoms with van der Waals surface area (Å²) in [6, 6.07) is 1.95. The van der Waals surface area contributed by atoms with Gasteiger partial charge in [0, 0.05) is 12.0 Å². The average molecular weight is 189 g/mol. The summed E-state index contributed by atoms with van der Waals surface area (Å²) in [5, 5.41) is 8.91. The minimum absolute atomic E-state index is 0.00269. The lowest BCUT2D eigenvalue weighted by molar-refractivity contribution is 0.140. The number of rotatable bonds is 3. The molecule has 13 heavy (non-hydrogen) atoms. The Hall–Kier alpha value is -1.20. The highest BCUT2D eigenvalue weighted by Crippen LogP contribution is 2.21. The monoisotopic (exact) mass is 189 g/mol. The first-order valence-electron chi connectivity index (χ1n) is 3.64. The fourth-order valence-corrected chi connectivity index (χ4v) is 0.975. The summed E-state index contributed by atoms with van der Waals surface area (Å²) in [5.74, 6) is 2.46. The number of hydrogen-bond acceptors (Lipinski definition) is 3. The van der Waals surface area contributed by atoms with E-state index in [0.717, 1.165) is 12.1 Å². The van der Waals surface area contributed by atoms with E-state index in [-0.39, 0.29) is 18.6 Å². The van der Waals surface area contributed by atoms with Crippen LogP contribution in [0.5, 0.6) is 5.75 Å². The second-order valence-corrected chi connectivity index (χ2v) is 2.48. The Bertz CT molecular complexity index is 304. The molecule has 5 heteroatoms. The summed E-state index contributed by atoms with van der Waals surface area (Å²) in [5.41, 5.74) is -0.217. The van der Waals surface area contributed by atoms with Crippen LogP contribution in [0.15, 0.2) is 12.1 Å². The van der Waals surface area contributed by atoms with Crippen molar-refractivity contribution in [3.05, 3.63) is 29.3 Å². The maximum Gasteiger partial charge on any atom is 0.170 e. The molecule has 0 aliphatic rings. The molecular weight excluding hydrogens is 180 g/mol. The van der Waals surface area contributed by atoms with Crippen molar-refractivity contribution in [3.8, 4) is 5.75 Å². The molecule has 0 spiro atoms. The third-order valence-electron chi connectivity index (χ3n) is 1.64. The molecule has 0 heterocycles. The minimum atomic E-state index is -0.961. The Morgan fingerprint density at radius 3 is 2.69 bits per heavy atom. The van der Waals surface area contributed by atoms with Crippen LogP contribution in [0.4, 0.5) is 8.78 Å². The molecule has 0 aliphatic carbocycles. The number of halogens is 2. The van der Waals surface area contributed by atoms with Crippen molar-refractivity contribution in [1.82, 2.24) is 0 Å². The van der Waals surface area contributed by atoms with Crippen molar-refractivity contribution >= 4 is 0 Å². The predicted octanol–water partition coefficient (Wildman–Crippen LogP) is 1.10. The number of nitrogens with two attached hydrogens (primary N) is 1. The molecule has 0 atom stereocenters. The molecule has 0 amide bonds. The van der Waals surface area contributed by atoms with E-state index in [1.807, 2.05) is 0 Å². The van der Waals surface area contributed by atoms with E-state index in [2.05, 4.69) is 4.84 Å². The first-order chi connectivity index (χ1) is 6.16. The molecule has 0 aliphatic heterocycles. The summed E-state index contributed by atoms with van der Waals surface area (Å²) >= 11 is 0. The summed E-state index contributed by atoms with van der Waals surface area (Å²) in [4.78, 5) is 4.18. The van der Waals surface area contributed by atoms with E-state index in [1.165, 1.54) is 0 Å². The molecule has 0 fully saturated rings. The van der Waals surface area contributed by atoms with Crippen LogP contribution in [-0.2, 0) is 11.3 Å². The van der Waals surface area contributed by atoms with Gasteiger partial charge >= 0.3 is 0 Å². The van der Waals surface area contributed by atoms with Crippen molar-refractivity contribution < 1.29 is 18.7 Å². The van der Waals surface area contributed by atoms with Gasteiger partial charge in [0.1, 0.15) is 5.82 Å². The Morgan fingerprint density at radius 2 is 2.08 bits per heavy atom. The van der Waals surface area contributed by atoms with Gasteiger partial charge in [0.05, 0.1) is 6.61 Å². The van der Waals surface area contributed by atoms with E-state index in [4.69, 9.17) is 11.0 Å². The van der Waals surface area contributed by atoms with Gasteiger partial charge in [0.2, 0.25) is 0 Å². The maximum absolute atomic E-state index is 13.0. The first-order valence-corrected chi connectivity index (χ1v) is 3.64. The van der Waals surface area contributed by atoms with Crippen LogP contribution in [0.25, 0.3) is 0 Å². The zero-order valence-electron chi connectivity index (χ0n) is 6.76. The molecule has 0 unspecified atom stereocenters. The van der Waals surface area contributed by atoms with E-state index < -0.39 is 17.4 Å².